The fraction of sp³-hybridized carbons (Fsp3) is 0.263. The van der Waals surface area contributed by atoms with E-state index in [-0.39, 0.29) is 11.4 Å². The molecule has 0 amide bonds. The first-order chi connectivity index (χ1) is 12.8. The van der Waals surface area contributed by atoms with Crippen molar-refractivity contribution in [1.29, 1.82) is 0 Å². The SMILES string of the molecule is Cc1ccc(Cl)cc1S(=O)(=O)NCCc1c(C)nn(-c2ccccn2)c1C. The molecule has 0 spiro atoms. The molecule has 142 valence electrons. The lowest BCUT2D eigenvalue weighted by atomic mass is 10.1. The van der Waals surface area contributed by atoms with Crippen molar-refractivity contribution in [3.63, 3.8) is 0 Å². The largest absolute Gasteiger partial charge is 0.240 e. The van der Waals surface area contributed by atoms with Crippen molar-refractivity contribution in [1.82, 2.24) is 19.5 Å². The molecule has 0 radical (unpaired) electrons. The van der Waals surface area contributed by atoms with Crippen LogP contribution in [0.1, 0.15) is 22.5 Å². The van der Waals surface area contributed by atoms with Gasteiger partial charge in [-0.25, -0.2) is 22.8 Å². The van der Waals surface area contributed by atoms with Gasteiger partial charge in [0.15, 0.2) is 5.82 Å². The maximum absolute atomic E-state index is 12.6. The summed E-state index contributed by atoms with van der Waals surface area (Å²) >= 11 is 5.95. The van der Waals surface area contributed by atoms with Crippen molar-refractivity contribution in [3.05, 3.63) is 70.1 Å². The van der Waals surface area contributed by atoms with Gasteiger partial charge in [-0.2, -0.15) is 5.10 Å². The molecule has 2 heterocycles. The maximum atomic E-state index is 12.6. The molecule has 0 unspecified atom stereocenters. The molecule has 8 heteroatoms. The molecule has 0 fully saturated rings. The third-order valence-corrected chi connectivity index (χ3v) is 6.25. The Kier molecular flexibility index (Phi) is 5.64. The molecule has 0 atom stereocenters. The van der Waals surface area contributed by atoms with Crippen LogP contribution in [0.4, 0.5) is 0 Å². The van der Waals surface area contributed by atoms with Gasteiger partial charge < -0.3 is 0 Å². The second kappa shape index (κ2) is 7.80. The number of aryl methyl sites for hydroxylation is 2. The molecule has 6 nitrogen and oxygen atoms in total. The Morgan fingerprint density at radius 1 is 1.15 bits per heavy atom. The second-order valence-corrected chi connectivity index (χ2v) is 8.48. The third-order valence-electron chi connectivity index (χ3n) is 4.41. The lowest BCUT2D eigenvalue weighted by Crippen LogP contribution is -2.26. The van der Waals surface area contributed by atoms with E-state index in [4.69, 9.17) is 11.6 Å². The number of pyridine rings is 1. The lowest BCUT2D eigenvalue weighted by molar-refractivity contribution is 0.581. The topological polar surface area (TPSA) is 76.9 Å². The zero-order valence-corrected chi connectivity index (χ0v) is 17.0. The monoisotopic (exact) mass is 404 g/mol. The van der Waals surface area contributed by atoms with Crippen LogP contribution in [0.3, 0.4) is 0 Å². The van der Waals surface area contributed by atoms with Crippen LogP contribution in [0.15, 0.2) is 47.5 Å². The molecule has 0 aliphatic carbocycles. The van der Waals surface area contributed by atoms with Gasteiger partial charge in [-0.05, 0) is 62.6 Å². The van der Waals surface area contributed by atoms with Crippen LogP contribution in [0.2, 0.25) is 5.02 Å². The summed E-state index contributed by atoms with van der Waals surface area (Å²) in [4.78, 5) is 4.52. The molecule has 0 bridgehead atoms. The molecule has 27 heavy (non-hydrogen) atoms. The average Bonchev–Trinajstić information content (AvgIpc) is 2.92. The predicted octanol–water partition coefficient (Wildman–Crippen LogP) is 3.37. The van der Waals surface area contributed by atoms with E-state index in [1.54, 1.807) is 29.9 Å². The van der Waals surface area contributed by atoms with Gasteiger partial charge in [0.1, 0.15) is 0 Å². The van der Waals surface area contributed by atoms with Crippen molar-refractivity contribution >= 4 is 21.6 Å². The highest BCUT2D eigenvalue weighted by Gasteiger charge is 2.18. The first kappa shape index (κ1) is 19.5. The highest BCUT2D eigenvalue weighted by molar-refractivity contribution is 7.89. The number of nitrogens with one attached hydrogen (secondary N) is 1. The van der Waals surface area contributed by atoms with Crippen LogP contribution < -0.4 is 4.72 Å². The number of hydrogen-bond acceptors (Lipinski definition) is 4. The Labute approximate surface area is 164 Å². The van der Waals surface area contributed by atoms with E-state index in [9.17, 15) is 8.42 Å². The van der Waals surface area contributed by atoms with Gasteiger partial charge in [0, 0.05) is 23.5 Å². The fourth-order valence-corrected chi connectivity index (χ4v) is 4.53. The van der Waals surface area contributed by atoms with Crippen molar-refractivity contribution in [2.24, 2.45) is 0 Å². The highest BCUT2D eigenvalue weighted by Crippen LogP contribution is 2.21. The summed E-state index contributed by atoms with van der Waals surface area (Å²) in [5, 5.41) is 4.93. The normalized spacial score (nSPS) is 11.7. The standard InChI is InChI=1S/C19H21ClN4O2S/c1-13-7-8-16(20)12-18(13)27(25,26)22-11-9-17-14(2)23-24(15(17)3)19-6-4-5-10-21-19/h4-8,10,12,22H,9,11H2,1-3H3. The number of benzene rings is 1. The predicted molar refractivity (Wildman–Crippen MR) is 106 cm³/mol. The molecule has 1 N–H and O–H groups in total. The Balaban J connectivity index is 1.76. The zero-order valence-electron chi connectivity index (χ0n) is 15.4. The van der Waals surface area contributed by atoms with E-state index in [0.717, 1.165) is 22.8 Å². The van der Waals surface area contributed by atoms with Crippen molar-refractivity contribution in [3.8, 4) is 5.82 Å². The van der Waals surface area contributed by atoms with Gasteiger partial charge in [-0.3, -0.25) is 0 Å². The summed E-state index contributed by atoms with van der Waals surface area (Å²) in [5.74, 6) is 0.736. The first-order valence-corrected chi connectivity index (χ1v) is 10.4. The molecular weight excluding hydrogens is 384 g/mol. The van der Waals surface area contributed by atoms with Crippen molar-refractivity contribution in [2.45, 2.75) is 32.1 Å². The number of halogens is 1. The van der Waals surface area contributed by atoms with E-state index in [1.165, 1.54) is 6.07 Å². The van der Waals surface area contributed by atoms with Crippen molar-refractivity contribution in [2.75, 3.05) is 6.54 Å². The Hall–Kier alpha value is -2.22. The van der Waals surface area contributed by atoms with Gasteiger partial charge in [0.05, 0.1) is 10.6 Å². The minimum absolute atomic E-state index is 0.202. The lowest BCUT2D eigenvalue weighted by Gasteiger charge is -2.10. The van der Waals surface area contributed by atoms with E-state index in [2.05, 4.69) is 14.8 Å². The fourth-order valence-electron chi connectivity index (χ4n) is 2.99. The molecule has 3 rings (SSSR count). The van der Waals surface area contributed by atoms with Crippen LogP contribution in [0.5, 0.6) is 0 Å². The average molecular weight is 405 g/mol. The van der Waals surface area contributed by atoms with Crippen LogP contribution in [0, 0.1) is 20.8 Å². The molecule has 0 aliphatic heterocycles. The number of aromatic nitrogens is 3. The Bertz CT molecular complexity index is 1060. The summed E-state index contributed by atoms with van der Waals surface area (Å²) in [7, 11) is -3.63. The van der Waals surface area contributed by atoms with E-state index in [1.807, 2.05) is 32.0 Å². The van der Waals surface area contributed by atoms with E-state index in [0.29, 0.717) is 17.0 Å². The van der Waals surface area contributed by atoms with E-state index < -0.39 is 10.0 Å². The Morgan fingerprint density at radius 2 is 1.93 bits per heavy atom. The third kappa shape index (κ3) is 4.21. The van der Waals surface area contributed by atoms with Gasteiger partial charge in [-0.1, -0.05) is 23.7 Å². The minimum atomic E-state index is -3.63. The first-order valence-electron chi connectivity index (χ1n) is 8.52. The number of sulfonamides is 1. The summed E-state index contributed by atoms with van der Waals surface area (Å²) in [6.07, 6.45) is 2.25. The molecule has 0 saturated carbocycles. The molecule has 3 aromatic rings. The summed E-state index contributed by atoms with van der Waals surface area (Å²) in [5.41, 5.74) is 3.47. The molecule has 0 aliphatic rings. The zero-order chi connectivity index (χ0) is 19.6. The quantitative estimate of drug-likeness (QED) is 0.683. The second-order valence-electron chi connectivity index (χ2n) is 6.31. The number of nitrogens with zero attached hydrogens (tertiary/aromatic N) is 3. The van der Waals surface area contributed by atoms with Crippen LogP contribution in [-0.4, -0.2) is 29.7 Å². The van der Waals surface area contributed by atoms with Gasteiger partial charge in [0.2, 0.25) is 10.0 Å². The summed E-state index contributed by atoms with van der Waals surface area (Å²) in [6, 6.07) is 10.5. The van der Waals surface area contributed by atoms with Crippen LogP contribution in [-0.2, 0) is 16.4 Å². The summed E-state index contributed by atoms with van der Waals surface area (Å²) < 4.78 is 29.6. The van der Waals surface area contributed by atoms with E-state index >= 15 is 0 Å². The van der Waals surface area contributed by atoms with Gasteiger partial charge in [0.25, 0.3) is 0 Å². The van der Waals surface area contributed by atoms with Gasteiger partial charge in [-0.15, -0.1) is 0 Å². The van der Waals surface area contributed by atoms with Gasteiger partial charge >= 0.3 is 0 Å². The molecule has 1 aromatic carbocycles. The molecule has 2 aromatic heterocycles. The number of rotatable bonds is 6. The minimum Gasteiger partial charge on any atom is -0.237 e. The maximum Gasteiger partial charge on any atom is 0.240 e. The molecule has 0 saturated heterocycles. The van der Waals surface area contributed by atoms with Crippen molar-refractivity contribution < 1.29 is 8.42 Å². The smallest absolute Gasteiger partial charge is 0.237 e. The molecular formula is C19H21ClN4O2S. The van der Waals surface area contributed by atoms with Crippen LogP contribution in [0.25, 0.3) is 5.82 Å². The Morgan fingerprint density at radius 3 is 2.63 bits per heavy atom. The summed E-state index contributed by atoms with van der Waals surface area (Å²) in [6.45, 7) is 5.89. The highest BCUT2D eigenvalue weighted by atomic mass is 35.5. The number of hydrogen-bond donors (Lipinski definition) is 1. The van der Waals surface area contributed by atoms with Crippen LogP contribution >= 0.6 is 11.6 Å².